The van der Waals surface area contributed by atoms with Crippen LogP contribution in [0.3, 0.4) is 0 Å². The van der Waals surface area contributed by atoms with Gasteiger partial charge in [-0.25, -0.2) is 0 Å². The van der Waals surface area contributed by atoms with Crippen LogP contribution in [0.2, 0.25) is 0 Å². The first kappa shape index (κ1) is 22.4. The summed E-state index contributed by atoms with van der Waals surface area (Å²) < 4.78 is 5.82. The van der Waals surface area contributed by atoms with Crippen LogP contribution < -0.4 is 10.0 Å². The Labute approximate surface area is 181 Å². The molecule has 0 aliphatic rings. The number of ether oxygens (including phenoxy) is 1. The van der Waals surface area contributed by atoms with Gasteiger partial charge in [-0.2, -0.15) is 0 Å². The van der Waals surface area contributed by atoms with Gasteiger partial charge >= 0.3 is 0 Å². The molecule has 0 saturated carbocycles. The SMILES string of the molecule is Cc1cc(C)c(C(=O)Pc2ccc(OCc3ccccc3)cc2)c(C)c1C.[Li]. The standard InChI is InChI=1S/C24H25O2P.Li/c1-16-14-17(2)23(19(4)18(16)3)24(25)27-22-12-10-21(11-13-22)26-15-20-8-6-5-7-9-20;/h5-14,27H,15H2,1-4H3;. The number of hydrogen-bond acceptors (Lipinski definition) is 2. The molecule has 2 nitrogen and oxygen atoms in total. The molecule has 139 valence electrons. The summed E-state index contributed by atoms with van der Waals surface area (Å²) in [5.74, 6) is 0.818. The van der Waals surface area contributed by atoms with E-state index in [4.69, 9.17) is 4.74 Å². The molecule has 28 heavy (non-hydrogen) atoms. The van der Waals surface area contributed by atoms with E-state index in [0.29, 0.717) is 6.61 Å². The van der Waals surface area contributed by atoms with Gasteiger partial charge in [0.05, 0.1) is 0 Å². The molecule has 3 rings (SSSR count). The summed E-state index contributed by atoms with van der Waals surface area (Å²) in [6, 6.07) is 20.1. The van der Waals surface area contributed by atoms with Gasteiger partial charge in [0, 0.05) is 24.4 Å². The molecule has 3 aromatic rings. The van der Waals surface area contributed by atoms with Crippen molar-refractivity contribution < 1.29 is 9.53 Å². The van der Waals surface area contributed by atoms with E-state index in [9.17, 15) is 4.79 Å². The Kier molecular flexibility index (Phi) is 8.08. The number of aryl methyl sites for hydroxylation is 2. The van der Waals surface area contributed by atoms with Crippen LogP contribution in [0.4, 0.5) is 0 Å². The monoisotopic (exact) mass is 383 g/mol. The van der Waals surface area contributed by atoms with E-state index >= 15 is 0 Å². The van der Waals surface area contributed by atoms with Gasteiger partial charge in [0.1, 0.15) is 12.4 Å². The first-order chi connectivity index (χ1) is 13.0. The zero-order chi connectivity index (χ0) is 19.4. The normalized spacial score (nSPS) is 10.7. The molecule has 0 aromatic heterocycles. The van der Waals surface area contributed by atoms with Crippen molar-refractivity contribution in [2.75, 3.05) is 0 Å². The Balaban J connectivity index is 0.00000280. The molecule has 0 aliphatic heterocycles. The van der Waals surface area contributed by atoms with E-state index in [2.05, 4.69) is 19.9 Å². The summed E-state index contributed by atoms with van der Waals surface area (Å²) in [7, 11) is 0.118. The number of hydrogen-bond donors (Lipinski definition) is 0. The molecular formula is C24H25LiO2P. The van der Waals surface area contributed by atoms with Crippen molar-refractivity contribution in [1.82, 2.24) is 0 Å². The summed E-state index contributed by atoms with van der Waals surface area (Å²) >= 11 is 0. The molecule has 0 N–H and O–H groups in total. The Hall–Kier alpha value is -1.84. The van der Waals surface area contributed by atoms with Gasteiger partial charge in [-0.05, 0) is 81.5 Å². The maximum absolute atomic E-state index is 12.9. The first-order valence-corrected chi connectivity index (χ1v) is 10.1. The van der Waals surface area contributed by atoms with Gasteiger partial charge in [0.2, 0.25) is 0 Å². The first-order valence-electron chi connectivity index (χ1n) is 9.11. The molecule has 1 unspecified atom stereocenters. The topological polar surface area (TPSA) is 26.3 Å². The van der Waals surface area contributed by atoms with Crippen LogP contribution in [-0.2, 0) is 6.61 Å². The summed E-state index contributed by atoms with van der Waals surface area (Å²) in [6.07, 6.45) is 0. The molecule has 0 amide bonds. The van der Waals surface area contributed by atoms with Gasteiger partial charge < -0.3 is 4.74 Å². The zero-order valence-electron chi connectivity index (χ0n) is 17.3. The second-order valence-corrected chi connectivity index (χ2v) is 8.17. The van der Waals surface area contributed by atoms with E-state index < -0.39 is 0 Å². The fourth-order valence-corrected chi connectivity index (χ4v) is 4.31. The quantitative estimate of drug-likeness (QED) is 0.429. The maximum atomic E-state index is 12.9. The third-order valence-corrected chi connectivity index (χ3v) is 6.04. The minimum absolute atomic E-state index is 0. The van der Waals surface area contributed by atoms with E-state index in [-0.39, 0.29) is 33.0 Å². The van der Waals surface area contributed by atoms with Gasteiger partial charge in [-0.15, -0.1) is 0 Å². The summed E-state index contributed by atoms with van der Waals surface area (Å²) in [4.78, 5) is 12.9. The predicted octanol–water partition coefficient (Wildman–Crippen LogP) is 5.26. The number of rotatable bonds is 6. The zero-order valence-corrected chi connectivity index (χ0v) is 18.3. The van der Waals surface area contributed by atoms with Crippen LogP contribution in [0.25, 0.3) is 0 Å². The van der Waals surface area contributed by atoms with Crippen molar-refractivity contribution in [1.29, 1.82) is 0 Å². The third kappa shape index (κ3) is 5.36. The van der Waals surface area contributed by atoms with Crippen molar-refractivity contribution in [2.45, 2.75) is 34.3 Å². The number of carbonyl (C=O) groups excluding carboxylic acids is 1. The molecule has 0 bridgehead atoms. The molecule has 0 fully saturated rings. The van der Waals surface area contributed by atoms with Crippen LogP contribution in [0.15, 0.2) is 60.7 Å². The molecular weight excluding hydrogens is 358 g/mol. The Bertz CT molecular complexity index is 951. The number of carbonyl (C=O) groups is 1. The third-order valence-electron chi connectivity index (χ3n) is 4.94. The van der Waals surface area contributed by atoms with Gasteiger partial charge in [-0.3, -0.25) is 4.79 Å². The van der Waals surface area contributed by atoms with Crippen molar-refractivity contribution in [3.8, 4) is 5.75 Å². The van der Waals surface area contributed by atoms with E-state index in [1.807, 2.05) is 68.4 Å². The van der Waals surface area contributed by atoms with Crippen molar-refractivity contribution in [2.24, 2.45) is 0 Å². The minimum Gasteiger partial charge on any atom is -0.489 e. The van der Waals surface area contributed by atoms with Gasteiger partial charge in [0.25, 0.3) is 0 Å². The molecule has 1 radical (unpaired) electrons. The Morgan fingerprint density at radius 2 is 1.50 bits per heavy atom. The van der Waals surface area contributed by atoms with Crippen LogP contribution in [-0.4, -0.2) is 24.4 Å². The van der Waals surface area contributed by atoms with Gasteiger partial charge in [-0.1, -0.05) is 48.5 Å². The smallest absolute Gasteiger partial charge is 0.186 e. The number of benzene rings is 3. The maximum Gasteiger partial charge on any atom is 0.186 e. The van der Waals surface area contributed by atoms with E-state index in [1.165, 1.54) is 11.1 Å². The van der Waals surface area contributed by atoms with E-state index in [0.717, 1.165) is 33.3 Å². The molecule has 0 saturated heterocycles. The Morgan fingerprint density at radius 3 is 2.14 bits per heavy atom. The van der Waals surface area contributed by atoms with Crippen molar-refractivity contribution >= 4 is 38.3 Å². The minimum atomic E-state index is 0. The molecule has 3 aromatic carbocycles. The average molecular weight is 383 g/mol. The molecule has 4 heteroatoms. The Morgan fingerprint density at radius 1 is 0.857 bits per heavy atom. The van der Waals surface area contributed by atoms with Crippen LogP contribution in [0.5, 0.6) is 5.75 Å². The second-order valence-electron chi connectivity index (χ2n) is 6.89. The van der Waals surface area contributed by atoms with E-state index in [1.54, 1.807) is 0 Å². The van der Waals surface area contributed by atoms with Crippen LogP contribution >= 0.6 is 8.58 Å². The molecule has 0 aliphatic carbocycles. The fourth-order valence-electron chi connectivity index (χ4n) is 3.20. The van der Waals surface area contributed by atoms with Crippen molar-refractivity contribution in [3.05, 3.63) is 94.0 Å². The van der Waals surface area contributed by atoms with Crippen LogP contribution in [0.1, 0.15) is 38.2 Å². The second kappa shape index (κ2) is 10.1. The summed E-state index contributed by atoms with van der Waals surface area (Å²) in [5.41, 5.74) is 6.83. The molecule has 1 atom stereocenters. The average Bonchev–Trinajstić information content (AvgIpc) is 2.66. The largest absolute Gasteiger partial charge is 0.489 e. The van der Waals surface area contributed by atoms with Crippen LogP contribution in [0, 0.1) is 27.7 Å². The molecule has 0 spiro atoms. The predicted molar refractivity (Wildman–Crippen MR) is 121 cm³/mol. The fraction of sp³-hybridized carbons (Fsp3) is 0.208. The van der Waals surface area contributed by atoms with Crippen molar-refractivity contribution in [3.63, 3.8) is 0 Å². The molecule has 0 heterocycles. The summed E-state index contributed by atoms with van der Waals surface area (Å²) in [5, 5.41) is 1.03. The summed E-state index contributed by atoms with van der Waals surface area (Å²) in [6.45, 7) is 8.80. The van der Waals surface area contributed by atoms with Gasteiger partial charge in [0.15, 0.2) is 5.52 Å².